The van der Waals surface area contributed by atoms with Crippen LogP contribution in [0.3, 0.4) is 0 Å². The highest BCUT2D eigenvalue weighted by Crippen LogP contribution is 2.31. The van der Waals surface area contributed by atoms with Crippen LogP contribution in [0, 0.1) is 29.6 Å². The first-order valence-corrected chi connectivity index (χ1v) is 19.7. The fourth-order valence-electron chi connectivity index (χ4n) is 8.43. The van der Waals surface area contributed by atoms with Gasteiger partial charge in [0.1, 0.15) is 5.78 Å². The number of nitrogens with zero attached hydrogens (tertiary/aromatic N) is 3. The van der Waals surface area contributed by atoms with Crippen molar-refractivity contribution in [1.29, 1.82) is 0 Å². The third-order valence-electron chi connectivity index (χ3n) is 11.6. The largest absolute Gasteiger partial charge is 0.469 e. The first kappa shape index (κ1) is 47.0. The summed E-state index contributed by atoms with van der Waals surface area (Å²) in [7, 11) is 9.87. The number of amides is 2. The van der Waals surface area contributed by atoms with E-state index in [0.29, 0.717) is 19.4 Å². The Morgan fingerprint density at radius 1 is 0.889 bits per heavy atom. The molecular formula is C42H70N4O8. The number of likely N-dealkylation sites (tertiary alicyclic amines) is 1. The van der Waals surface area contributed by atoms with Gasteiger partial charge in [0.25, 0.3) is 0 Å². The molecule has 12 heteroatoms. The van der Waals surface area contributed by atoms with Crippen molar-refractivity contribution in [2.45, 2.75) is 123 Å². The molecule has 54 heavy (non-hydrogen) atoms. The fourth-order valence-corrected chi connectivity index (χ4v) is 8.43. The Kier molecular flexibility index (Phi) is 19.5. The van der Waals surface area contributed by atoms with Gasteiger partial charge in [-0.3, -0.25) is 28.9 Å². The molecule has 1 heterocycles. The van der Waals surface area contributed by atoms with E-state index in [1.54, 1.807) is 44.9 Å². The van der Waals surface area contributed by atoms with Crippen LogP contribution in [-0.4, -0.2) is 129 Å². The molecule has 1 aromatic carbocycles. The molecule has 306 valence electrons. The Labute approximate surface area is 324 Å². The molecule has 1 aliphatic heterocycles. The minimum absolute atomic E-state index is 0.00671. The number of ether oxygens (including phenoxy) is 3. The Hall–Kier alpha value is -3.19. The molecule has 2 rings (SSSR count). The van der Waals surface area contributed by atoms with Gasteiger partial charge in [0, 0.05) is 52.6 Å². The van der Waals surface area contributed by atoms with E-state index in [-0.39, 0.29) is 66.6 Å². The summed E-state index contributed by atoms with van der Waals surface area (Å²) in [6, 6.07) is 7.79. The van der Waals surface area contributed by atoms with E-state index in [1.807, 2.05) is 77.0 Å². The first-order chi connectivity index (χ1) is 25.4. The standard InChI is InChI=1S/C42H70N4O8/c1-13-27(4)39(45(9)41(50)32(29(6)43)24-35(48)38(26(2)3)44(7)8)36(52-10)25-37(49)46-21-17-20-33(46)40(53-11)28(5)34(47)23-31(42(51)54-12)22-30-18-15-14-16-19-30/h14-16,18-19,26-29,31-33,36,38-40H,13,17,20-25,43H2,1-12H3/t27-,28-,29-,31+,32-,33-,36+,38-,39-,40+/m0/s1. The molecule has 10 atom stereocenters. The van der Waals surface area contributed by atoms with Gasteiger partial charge in [0.05, 0.1) is 55.7 Å². The van der Waals surface area contributed by atoms with Gasteiger partial charge in [-0.1, -0.05) is 71.4 Å². The number of benzene rings is 1. The summed E-state index contributed by atoms with van der Waals surface area (Å²) in [6.07, 6.45) is 1.30. The minimum Gasteiger partial charge on any atom is -0.469 e. The van der Waals surface area contributed by atoms with Gasteiger partial charge < -0.3 is 29.7 Å². The maximum absolute atomic E-state index is 14.2. The van der Waals surface area contributed by atoms with Crippen LogP contribution in [0.2, 0.25) is 0 Å². The molecule has 1 saturated heterocycles. The minimum atomic E-state index is -0.737. The molecule has 1 aromatic rings. The molecule has 2 N–H and O–H groups in total. The topological polar surface area (TPSA) is 149 Å². The number of carbonyl (C=O) groups excluding carboxylic acids is 5. The van der Waals surface area contributed by atoms with Crippen molar-refractivity contribution < 1.29 is 38.2 Å². The third-order valence-corrected chi connectivity index (χ3v) is 11.6. The lowest BCUT2D eigenvalue weighted by molar-refractivity contribution is -0.149. The number of rotatable bonds is 23. The van der Waals surface area contributed by atoms with E-state index in [4.69, 9.17) is 19.9 Å². The van der Waals surface area contributed by atoms with Gasteiger partial charge >= 0.3 is 5.97 Å². The summed E-state index contributed by atoms with van der Waals surface area (Å²) in [5, 5.41) is 0. The van der Waals surface area contributed by atoms with Crippen LogP contribution in [-0.2, 0) is 44.6 Å². The molecule has 0 aromatic heterocycles. The number of methoxy groups -OCH3 is 3. The van der Waals surface area contributed by atoms with E-state index in [1.165, 1.54) is 7.11 Å². The second-order valence-electron chi connectivity index (χ2n) is 16.0. The zero-order valence-corrected chi connectivity index (χ0v) is 35.1. The van der Waals surface area contributed by atoms with Crippen LogP contribution >= 0.6 is 0 Å². The van der Waals surface area contributed by atoms with Crippen LogP contribution in [0.5, 0.6) is 0 Å². The zero-order chi connectivity index (χ0) is 40.9. The molecule has 0 bridgehead atoms. The monoisotopic (exact) mass is 759 g/mol. The molecule has 0 spiro atoms. The van der Waals surface area contributed by atoms with Crippen LogP contribution < -0.4 is 5.73 Å². The number of nitrogens with two attached hydrogens (primary N) is 1. The van der Waals surface area contributed by atoms with Crippen molar-refractivity contribution in [3.05, 3.63) is 35.9 Å². The highest BCUT2D eigenvalue weighted by molar-refractivity contribution is 5.90. The lowest BCUT2D eigenvalue weighted by Gasteiger charge is -2.41. The number of likely N-dealkylation sites (N-methyl/N-ethyl adjacent to an activating group) is 2. The predicted molar refractivity (Wildman–Crippen MR) is 210 cm³/mol. The van der Waals surface area contributed by atoms with Crippen molar-refractivity contribution in [3.63, 3.8) is 0 Å². The summed E-state index contributed by atoms with van der Waals surface area (Å²) in [5.41, 5.74) is 7.31. The average molecular weight is 759 g/mol. The van der Waals surface area contributed by atoms with E-state index in [9.17, 15) is 24.0 Å². The van der Waals surface area contributed by atoms with Crippen molar-refractivity contribution in [1.82, 2.24) is 14.7 Å². The van der Waals surface area contributed by atoms with E-state index >= 15 is 0 Å². The molecule has 1 fully saturated rings. The quantitative estimate of drug-likeness (QED) is 0.159. The number of carbonyl (C=O) groups is 5. The van der Waals surface area contributed by atoms with Crippen LogP contribution in [0.4, 0.5) is 0 Å². The van der Waals surface area contributed by atoms with Crippen LogP contribution in [0.25, 0.3) is 0 Å². The first-order valence-electron chi connectivity index (χ1n) is 19.7. The fraction of sp³-hybridized carbons (Fsp3) is 0.738. The predicted octanol–water partition coefficient (Wildman–Crippen LogP) is 4.41. The van der Waals surface area contributed by atoms with Gasteiger partial charge in [0.2, 0.25) is 11.8 Å². The Morgan fingerprint density at radius 2 is 1.52 bits per heavy atom. The lowest BCUT2D eigenvalue weighted by Crippen LogP contribution is -2.55. The summed E-state index contributed by atoms with van der Waals surface area (Å²) in [6.45, 7) is 12.1. The van der Waals surface area contributed by atoms with Gasteiger partial charge in [-0.05, 0) is 57.7 Å². The van der Waals surface area contributed by atoms with Crippen molar-refractivity contribution in [2.75, 3.05) is 49.0 Å². The third kappa shape index (κ3) is 12.4. The summed E-state index contributed by atoms with van der Waals surface area (Å²) < 4.78 is 17.0. The molecule has 12 nitrogen and oxygen atoms in total. The summed E-state index contributed by atoms with van der Waals surface area (Å²) in [4.78, 5) is 73.7. The molecule has 0 aliphatic carbocycles. The van der Waals surface area contributed by atoms with Gasteiger partial charge in [-0.25, -0.2) is 0 Å². The molecule has 0 saturated carbocycles. The van der Waals surface area contributed by atoms with Crippen molar-refractivity contribution >= 4 is 29.4 Å². The number of ketones is 2. The van der Waals surface area contributed by atoms with Crippen LogP contribution in [0.1, 0.15) is 85.6 Å². The summed E-state index contributed by atoms with van der Waals surface area (Å²) >= 11 is 0. The van der Waals surface area contributed by atoms with E-state index in [0.717, 1.165) is 18.4 Å². The van der Waals surface area contributed by atoms with Crippen LogP contribution in [0.15, 0.2) is 30.3 Å². The normalized spacial score (nSPS) is 19.7. The van der Waals surface area contributed by atoms with E-state index in [2.05, 4.69) is 0 Å². The average Bonchev–Trinajstić information content (AvgIpc) is 3.62. The highest BCUT2D eigenvalue weighted by Gasteiger charge is 2.43. The number of Topliss-reactive ketones (excluding diaryl/α,β-unsaturated/α-hetero) is 2. The Morgan fingerprint density at radius 3 is 2.02 bits per heavy atom. The van der Waals surface area contributed by atoms with Crippen molar-refractivity contribution in [2.24, 2.45) is 35.3 Å². The van der Waals surface area contributed by atoms with Gasteiger partial charge in [0.15, 0.2) is 5.78 Å². The maximum Gasteiger partial charge on any atom is 0.309 e. The molecule has 0 radical (unpaired) electrons. The maximum atomic E-state index is 14.2. The molecule has 2 amide bonds. The zero-order valence-electron chi connectivity index (χ0n) is 35.1. The van der Waals surface area contributed by atoms with Gasteiger partial charge in [-0.15, -0.1) is 0 Å². The summed E-state index contributed by atoms with van der Waals surface area (Å²) in [5.74, 6) is -2.95. The Bertz CT molecular complexity index is 1350. The second kappa shape index (κ2) is 22.4. The second-order valence-corrected chi connectivity index (χ2v) is 16.0. The number of hydrogen-bond acceptors (Lipinski definition) is 10. The van der Waals surface area contributed by atoms with Gasteiger partial charge in [-0.2, -0.15) is 0 Å². The Balaban J connectivity index is 2.29. The molecule has 1 aliphatic rings. The molecular weight excluding hydrogens is 688 g/mol. The van der Waals surface area contributed by atoms with Crippen molar-refractivity contribution in [3.8, 4) is 0 Å². The smallest absolute Gasteiger partial charge is 0.309 e. The lowest BCUT2D eigenvalue weighted by atomic mass is 9.85. The number of esters is 1. The number of hydrogen-bond donors (Lipinski definition) is 1. The SMILES string of the molecule is CC[C@H](C)[C@@H]([C@@H](CC(=O)N1CCC[C@H]1[C@H](OC)[C@@H](C)C(=O)C[C@@H](Cc1ccccc1)C(=O)OC)OC)N(C)C(=O)[C@@H](CC(=O)[C@H](C(C)C)N(C)C)[C@H](C)N. The molecule has 0 unspecified atom stereocenters. The van der Waals surface area contributed by atoms with E-state index < -0.39 is 48.0 Å². The highest BCUT2D eigenvalue weighted by atomic mass is 16.5.